The molecule has 0 atom stereocenters. The molecule has 0 saturated heterocycles. The highest BCUT2D eigenvalue weighted by Crippen LogP contribution is 2.36. The van der Waals surface area contributed by atoms with Gasteiger partial charge < -0.3 is 4.74 Å². The largest absolute Gasteiger partial charge is 0.422 e. The Morgan fingerprint density at radius 3 is 2.20 bits per heavy atom. The van der Waals surface area contributed by atoms with E-state index in [-0.39, 0.29) is 5.56 Å². The Kier molecular flexibility index (Phi) is 3.39. The number of halogens is 3. The first-order chi connectivity index (χ1) is 11.9. The summed E-state index contributed by atoms with van der Waals surface area (Å²) >= 11 is 0. The number of esters is 1. The van der Waals surface area contributed by atoms with E-state index in [2.05, 4.69) is 0 Å². The van der Waals surface area contributed by atoms with Gasteiger partial charge in [0.15, 0.2) is 0 Å². The number of hydrogen-bond acceptors (Lipinski definition) is 2. The fourth-order valence-corrected chi connectivity index (χ4v) is 2.94. The minimum Gasteiger partial charge on any atom is -0.422 e. The van der Waals surface area contributed by atoms with Crippen molar-refractivity contribution in [2.45, 2.75) is 6.18 Å². The molecule has 124 valence electrons. The van der Waals surface area contributed by atoms with Crippen molar-refractivity contribution >= 4 is 28.9 Å². The van der Waals surface area contributed by atoms with E-state index in [4.69, 9.17) is 4.74 Å². The summed E-state index contributed by atoms with van der Waals surface area (Å²) in [7, 11) is 0. The second kappa shape index (κ2) is 5.48. The van der Waals surface area contributed by atoms with Crippen LogP contribution in [0, 0.1) is 0 Å². The maximum Gasteiger partial charge on any atom is 0.416 e. The van der Waals surface area contributed by atoms with Crippen LogP contribution in [-0.4, -0.2) is 5.97 Å². The average molecular weight is 340 g/mol. The fourth-order valence-electron chi connectivity index (χ4n) is 2.94. The van der Waals surface area contributed by atoms with E-state index in [1.807, 2.05) is 36.4 Å². The van der Waals surface area contributed by atoms with Gasteiger partial charge >= 0.3 is 12.1 Å². The number of carbonyl (C=O) groups excluding carboxylic acids is 1. The van der Waals surface area contributed by atoms with E-state index in [9.17, 15) is 18.0 Å². The van der Waals surface area contributed by atoms with Crippen LogP contribution in [0.2, 0.25) is 0 Å². The van der Waals surface area contributed by atoms with Gasteiger partial charge in [0.05, 0.1) is 11.1 Å². The van der Waals surface area contributed by atoms with Gasteiger partial charge in [-0.15, -0.1) is 0 Å². The maximum atomic E-state index is 12.6. The van der Waals surface area contributed by atoms with Gasteiger partial charge in [-0.05, 0) is 46.8 Å². The van der Waals surface area contributed by atoms with Crippen LogP contribution in [0.3, 0.4) is 0 Å². The summed E-state index contributed by atoms with van der Waals surface area (Å²) in [6.45, 7) is 0. The quantitative estimate of drug-likeness (QED) is 0.353. The van der Waals surface area contributed by atoms with E-state index in [1.165, 1.54) is 0 Å². The summed E-state index contributed by atoms with van der Waals surface area (Å²) in [5, 5.41) is 1.79. The lowest BCUT2D eigenvalue weighted by atomic mass is 10.0. The van der Waals surface area contributed by atoms with Crippen LogP contribution in [0.4, 0.5) is 13.2 Å². The van der Waals surface area contributed by atoms with Crippen LogP contribution in [0.5, 0.6) is 5.75 Å². The molecule has 0 aromatic heterocycles. The third-order valence-electron chi connectivity index (χ3n) is 4.16. The third-order valence-corrected chi connectivity index (χ3v) is 4.16. The molecule has 3 aromatic carbocycles. The van der Waals surface area contributed by atoms with Crippen LogP contribution >= 0.6 is 0 Å². The Labute approximate surface area is 141 Å². The zero-order valence-corrected chi connectivity index (χ0v) is 12.8. The molecule has 3 aromatic rings. The number of rotatable bonds is 2. The molecule has 0 fully saturated rings. The molecule has 0 spiro atoms. The number of benzene rings is 3. The Morgan fingerprint density at radius 2 is 1.52 bits per heavy atom. The second-order valence-electron chi connectivity index (χ2n) is 5.72. The molecule has 4 rings (SSSR count). The Hall–Kier alpha value is -3.08. The van der Waals surface area contributed by atoms with Crippen LogP contribution in [0.1, 0.15) is 27.0 Å². The van der Waals surface area contributed by atoms with Crippen molar-refractivity contribution in [2.75, 3.05) is 0 Å². The molecule has 0 heterocycles. The van der Waals surface area contributed by atoms with E-state index in [1.54, 1.807) is 6.07 Å². The predicted octanol–water partition coefficient (Wildman–Crippen LogP) is 5.56. The van der Waals surface area contributed by atoms with Crippen LogP contribution in [0.15, 0.2) is 54.6 Å². The van der Waals surface area contributed by atoms with Crippen molar-refractivity contribution < 1.29 is 22.7 Å². The highest BCUT2D eigenvalue weighted by Gasteiger charge is 2.30. The monoisotopic (exact) mass is 340 g/mol. The van der Waals surface area contributed by atoms with E-state index in [0.29, 0.717) is 5.75 Å². The zero-order valence-electron chi connectivity index (χ0n) is 12.8. The van der Waals surface area contributed by atoms with E-state index >= 15 is 0 Å². The minimum atomic E-state index is -4.44. The smallest absolute Gasteiger partial charge is 0.416 e. The summed E-state index contributed by atoms with van der Waals surface area (Å²) in [4.78, 5) is 12.3. The van der Waals surface area contributed by atoms with Crippen molar-refractivity contribution in [3.05, 3.63) is 76.9 Å². The molecule has 1 aliphatic carbocycles. The molecule has 0 bridgehead atoms. The minimum absolute atomic E-state index is 0.0642. The molecular weight excluding hydrogens is 329 g/mol. The van der Waals surface area contributed by atoms with Gasteiger partial charge in [-0.1, -0.05) is 36.4 Å². The van der Waals surface area contributed by atoms with Crippen LogP contribution < -0.4 is 4.74 Å². The van der Waals surface area contributed by atoms with Gasteiger partial charge in [0, 0.05) is 5.39 Å². The molecular formula is C20H11F3O2. The predicted molar refractivity (Wildman–Crippen MR) is 89.3 cm³/mol. The number of hydrogen-bond donors (Lipinski definition) is 0. The molecule has 2 nitrogen and oxygen atoms in total. The molecule has 0 radical (unpaired) electrons. The summed E-state index contributed by atoms with van der Waals surface area (Å²) in [5.41, 5.74) is 1.34. The normalized spacial score (nSPS) is 12.6. The summed E-state index contributed by atoms with van der Waals surface area (Å²) in [6.07, 6.45) is -0.467. The molecule has 0 unspecified atom stereocenters. The molecule has 0 aliphatic heterocycles. The molecule has 5 heteroatoms. The van der Waals surface area contributed by atoms with Gasteiger partial charge in [0.1, 0.15) is 5.75 Å². The first kappa shape index (κ1) is 15.4. The summed E-state index contributed by atoms with van der Waals surface area (Å²) in [5.74, 6) is -0.311. The van der Waals surface area contributed by atoms with E-state index in [0.717, 1.165) is 46.2 Å². The lowest BCUT2D eigenvalue weighted by Crippen LogP contribution is -2.10. The average Bonchev–Trinajstić information content (AvgIpc) is 3.01. The number of alkyl halides is 3. The number of ether oxygens (including phenoxy) is 1. The third kappa shape index (κ3) is 2.67. The molecule has 1 aliphatic rings. The second-order valence-corrected chi connectivity index (χ2v) is 5.72. The Bertz CT molecular complexity index is 1000. The highest BCUT2D eigenvalue weighted by atomic mass is 19.4. The van der Waals surface area contributed by atoms with Gasteiger partial charge in [0.2, 0.25) is 0 Å². The Balaban J connectivity index is 1.65. The van der Waals surface area contributed by atoms with Crippen molar-refractivity contribution in [3.8, 4) is 5.75 Å². The number of carbonyl (C=O) groups is 1. The Morgan fingerprint density at radius 1 is 0.840 bits per heavy atom. The molecule has 0 saturated carbocycles. The van der Waals surface area contributed by atoms with Crippen LogP contribution in [-0.2, 0) is 6.18 Å². The SMILES string of the molecule is O=C(Oc1ccc2c3c(cccc13)C=C2)c1ccc(C(F)(F)F)cc1. The topological polar surface area (TPSA) is 26.3 Å². The van der Waals surface area contributed by atoms with Crippen molar-refractivity contribution in [1.29, 1.82) is 0 Å². The molecule has 0 amide bonds. The first-order valence-corrected chi connectivity index (χ1v) is 7.57. The summed E-state index contributed by atoms with van der Waals surface area (Å²) < 4.78 is 43.2. The summed E-state index contributed by atoms with van der Waals surface area (Å²) in [6, 6.07) is 13.2. The van der Waals surface area contributed by atoms with Gasteiger partial charge in [-0.25, -0.2) is 4.79 Å². The fraction of sp³-hybridized carbons (Fsp3) is 0.0500. The highest BCUT2D eigenvalue weighted by molar-refractivity contribution is 6.07. The first-order valence-electron chi connectivity index (χ1n) is 7.57. The van der Waals surface area contributed by atoms with E-state index < -0.39 is 17.7 Å². The van der Waals surface area contributed by atoms with Gasteiger partial charge in [-0.3, -0.25) is 0 Å². The van der Waals surface area contributed by atoms with Gasteiger partial charge in [0.25, 0.3) is 0 Å². The van der Waals surface area contributed by atoms with Crippen molar-refractivity contribution in [3.63, 3.8) is 0 Å². The maximum absolute atomic E-state index is 12.6. The van der Waals surface area contributed by atoms with Crippen molar-refractivity contribution in [1.82, 2.24) is 0 Å². The van der Waals surface area contributed by atoms with Crippen LogP contribution in [0.25, 0.3) is 22.9 Å². The lowest BCUT2D eigenvalue weighted by Gasteiger charge is -2.10. The lowest BCUT2D eigenvalue weighted by molar-refractivity contribution is -0.137. The standard InChI is InChI=1S/C20H11F3O2/c21-20(22,23)15-9-6-14(7-10-15)19(24)25-17-11-8-13-5-4-12-2-1-3-16(17)18(12)13/h1-11H. The van der Waals surface area contributed by atoms with Gasteiger partial charge in [-0.2, -0.15) is 13.2 Å². The molecule has 0 N–H and O–H groups in total. The molecule has 25 heavy (non-hydrogen) atoms. The zero-order chi connectivity index (χ0) is 17.6. The van der Waals surface area contributed by atoms with Crippen molar-refractivity contribution in [2.24, 2.45) is 0 Å².